The van der Waals surface area contributed by atoms with Crippen molar-refractivity contribution in [1.82, 2.24) is 4.90 Å². The van der Waals surface area contributed by atoms with Crippen LogP contribution in [0.3, 0.4) is 0 Å². The van der Waals surface area contributed by atoms with E-state index in [0.717, 1.165) is 38.2 Å². The number of hydrogen-bond donors (Lipinski definition) is 1. The zero-order valence-corrected chi connectivity index (χ0v) is 10.9. The summed E-state index contributed by atoms with van der Waals surface area (Å²) in [4.78, 5) is 6.37. The molecular weight excluding hydrogens is 226 g/mol. The highest BCUT2D eigenvalue weighted by atomic mass is 16.5. The molecule has 0 spiro atoms. The summed E-state index contributed by atoms with van der Waals surface area (Å²) in [5, 5.41) is 0. The lowest BCUT2D eigenvalue weighted by Gasteiger charge is -2.32. The van der Waals surface area contributed by atoms with E-state index in [2.05, 4.69) is 9.89 Å². The predicted octanol–water partition coefficient (Wildman–Crippen LogP) is 1.86. The molecule has 0 atom stereocenters. The third kappa shape index (κ3) is 3.39. The van der Waals surface area contributed by atoms with E-state index >= 15 is 0 Å². The molecule has 0 aliphatic carbocycles. The maximum atomic E-state index is 5.94. The Labute approximate surface area is 108 Å². The van der Waals surface area contributed by atoms with Crippen molar-refractivity contribution < 1.29 is 4.74 Å². The summed E-state index contributed by atoms with van der Waals surface area (Å²) >= 11 is 0. The number of aliphatic imine (C=N–C) groups is 1. The van der Waals surface area contributed by atoms with Gasteiger partial charge in [0.25, 0.3) is 0 Å². The van der Waals surface area contributed by atoms with Crippen LogP contribution in [0.25, 0.3) is 0 Å². The van der Waals surface area contributed by atoms with Gasteiger partial charge in [-0.15, -0.1) is 0 Å². The number of hydrogen-bond acceptors (Lipinski definition) is 2. The molecule has 0 unspecified atom stereocenters. The Hall–Kier alpha value is -1.71. The number of para-hydroxylation sites is 1. The van der Waals surface area contributed by atoms with E-state index in [1.165, 1.54) is 0 Å². The molecule has 0 bridgehead atoms. The Morgan fingerprint density at radius 1 is 1.33 bits per heavy atom. The molecule has 1 heterocycles. The number of likely N-dealkylation sites (tertiary alicyclic amines) is 1. The Balaban J connectivity index is 1.82. The van der Waals surface area contributed by atoms with E-state index in [1.54, 1.807) is 0 Å². The van der Waals surface area contributed by atoms with Gasteiger partial charge < -0.3 is 15.4 Å². The van der Waals surface area contributed by atoms with Gasteiger partial charge in [0.15, 0.2) is 5.96 Å². The van der Waals surface area contributed by atoms with Crippen LogP contribution < -0.4 is 10.5 Å². The molecule has 2 rings (SSSR count). The Bertz CT molecular complexity index is 383. The minimum Gasteiger partial charge on any atom is -0.490 e. The standard InChI is InChI=1S/C14H21N3O/c1-2-16-14(15)17-10-8-13(9-11-17)18-12-6-4-3-5-7-12/h3-7,13H,2,8-11H2,1H3,(H2,15,16). The normalized spacial score (nSPS) is 17.8. The van der Waals surface area contributed by atoms with Gasteiger partial charge in [-0.2, -0.15) is 0 Å². The van der Waals surface area contributed by atoms with Gasteiger partial charge in [0.2, 0.25) is 0 Å². The first-order chi connectivity index (χ1) is 8.79. The molecule has 0 radical (unpaired) electrons. The minimum atomic E-state index is 0.290. The summed E-state index contributed by atoms with van der Waals surface area (Å²) < 4.78 is 5.94. The lowest BCUT2D eigenvalue weighted by atomic mass is 10.1. The first-order valence-corrected chi connectivity index (χ1v) is 6.56. The van der Waals surface area contributed by atoms with Crippen LogP contribution in [0.15, 0.2) is 35.3 Å². The molecule has 4 nitrogen and oxygen atoms in total. The Morgan fingerprint density at radius 3 is 2.61 bits per heavy atom. The first-order valence-electron chi connectivity index (χ1n) is 6.56. The molecule has 0 aromatic heterocycles. The molecule has 1 aromatic rings. The summed E-state index contributed by atoms with van der Waals surface area (Å²) in [7, 11) is 0. The largest absolute Gasteiger partial charge is 0.490 e. The van der Waals surface area contributed by atoms with E-state index in [-0.39, 0.29) is 6.10 Å². The quantitative estimate of drug-likeness (QED) is 0.655. The van der Waals surface area contributed by atoms with Crippen LogP contribution in [-0.2, 0) is 0 Å². The third-order valence-electron chi connectivity index (χ3n) is 3.13. The molecule has 1 fully saturated rings. The maximum absolute atomic E-state index is 5.94. The SMILES string of the molecule is CCN=C(N)N1CCC(Oc2ccccc2)CC1. The van der Waals surface area contributed by atoms with Crippen LogP contribution in [0.2, 0.25) is 0 Å². The summed E-state index contributed by atoms with van der Waals surface area (Å²) in [5.74, 6) is 1.61. The lowest BCUT2D eigenvalue weighted by molar-refractivity contribution is 0.130. The predicted molar refractivity (Wildman–Crippen MR) is 73.8 cm³/mol. The number of nitrogens with zero attached hydrogens (tertiary/aromatic N) is 2. The smallest absolute Gasteiger partial charge is 0.191 e. The molecule has 1 aliphatic heterocycles. The third-order valence-corrected chi connectivity index (χ3v) is 3.13. The summed E-state index contributed by atoms with van der Waals surface area (Å²) in [6.07, 6.45) is 2.28. The second-order valence-electron chi connectivity index (χ2n) is 4.45. The molecule has 0 saturated carbocycles. The van der Waals surface area contributed by atoms with Crippen LogP contribution in [0.5, 0.6) is 5.75 Å². The monoisotopic (exact) mass is 247 g/mol. The van der Waals surface area contributed by atoms with Crippen molar-refractivity contribution in [3.63, 3.8) is 0 Å². The van der Waals surface area contributed by atoms with Crippen molar-refractivity contribution in [1.29, 1.82) is 0 Å². The molecular formula is C14H21N3O. The number of nitrogens with two attached hydrogens (primary N) is 1. The Morgan fingerprint density at radius 2 is 2.00 bits per heavy atom. The number of piperidine rings is 1. The summed E-state index contributed by atoms with van der Waals surface area (Å²) in [6.45, 7) is 4.59. The van der Waals surface area contributed by atoms with Gasteiger partial charge in [-0.1, -0.05) is 18.2 Å². The van der Waals surface area contributed by atoms with Gasteiger partial charge >= 0.3 is 0 Å². The highest BCUT2D eigenvalue weighted by molar-refractivity contribution is 5.78. The average Bonchev–Trinajstić information content (AvgIpc) is 2.41. The van der Waals surface area contributed by atoms with E-state index < -0.39 is 0 Å². The van der Waals surface area contributed by atoms with Crippen molar-refractivity contribution in [2.24, 2.45) is 10.7 Å². The van der Waals surface area contributed by atoms with E-state index in [4.69, 9.17) is 10.5 Å². The Kier molecular flexibility index (Phi) is 4.45. The second-order valence-corrected chi connectivity index (χ2v) is 4.45. The summed E-state index contributed by atoms with van der Waals surface area (Å²) in [6, 6.07) is 9.99. The van der Waals surface area contributed by atoms with Crippen molar-refractivity contribution in [3.05, 3.63) is 30.3 Å². The van der Waals surface area contributed by atoms with Crippen LogP contribution in [0.1, 0.15) is 19.8 Å². The number of rotatable bonds is 3. The van der Waals surface area contributed by atoms with Gasteiger partial charge in [-0.05, 0) is 19.1 Å². The van der Waals surface area contributed by atoms with Crippen LogP contribution >= 0.6 is 0 Å². The fourth-order valence-electron chi connectivity index (χ4n) is 2.16. The minimum absolute atomic E-state index is 0.290. The van der Waals surface area contributed by atoms with Crippen molar-refractivity contribution in [2.75, 3.05) is 19.6 Å². The summed E-state index contributed by atoms with van der Waals surface area (Å²) in [5.41, 5.74) is 5.89. The molecule has 2 N–H and O–H groups in total. The lowest BCUT2D eigenvalue weighted by Crippen LogP contribution is -2.45. The highest BCUT2D eigenvalue weighted by Gasteiger charge is 2.21. The number of ether oxygens (including phenoxy) is 1. The fourth-order valence-corrected chi connectivity index (χ4v) is 2.16. The number of benzene rings is 1. The van der Waals surface area contributed by atoms with Crippen molar-refractivity contribution in [3.8, 4) is 5.75 Å². The van der Waals surface area contributed by atoms with Gasteiger partial charge in [-0.25, -0.2) is 0 Å². The van der Waals surface area contributed by atoms with Crippen LogP contribution in [-0.4, -0.2) is 36.6 Å². The van der Waals surface area contributed by atoms with E-state index in [9.17, 15) is 0 Å². The second kappa shape index (κ2) is 6.28. The molecule has 4 heteroatoms. The van der Waals surface area contributed by atoms with Gasteiger partial charge in [0.1, 0.15) is 11.9 Å². The molecule has 0 amide bonds. The fraction of sp³-hybridized carbons (Fsp3) is 0.500. The zero-order valence-electron chi connectivity index (χ0n) is 10.9. The van der Waals surface area contributed by atoms with Crippen LogP contribution in [0.4, 0.5) is 0 Å². The highest BCUT2D eigenvalue weighted by Crippen LogP contribution is 2.18. The molecule has 1 saturated heterocycles. The maximum Gasteiger partial charge on any atom is 0.191 e. The van der Waals surface area contributed by atoms with Crippen molar-refractivity contribution >= 4 is 5.96 Å². The molecule has 1 aromatic carbocycles. The van der Waals surface area contributed by atoms with Gasteiger partial charge in [0.05, 0.1) is 0 Å². The van der Waals surface area contributed by atoms with Crippen LogP contribution in [0, 0.1) is 0 Å². The molecule has 98 valence electrons. The molecule has 18 heavy (non-hydrogen) atoms. The van der Waals surface area contributed by atoms with Gasteiger partial charge in [0, 0.05) is 32.5 Å². The topological polar surface area (TPSA) is 50.8 Å². The zero-order chi connectivity index (χ0) is 12.8. The van der Waals surface area contributed by atoms with E-state index in [1.807, 2.05) is 37.3 Å². The molecule has 1 aliphatic rings. The van der Waals surface area contributed by atoms with E-state index in [0.29, 0.717) is 5.96 Å². The number of guanidine groups is 1. The van der Waals surface area contributed by atoms with Gasteiger partial charge in [-0.3, -0.25) is 4.99 Å². The van der Waals surface area contributed by atoms with Crippen molar-refractivity contribution in [2.45, 2.75) is 25.9 Å². The average molecular weight is 247 g/mol. The first kappa shape index (κ1) is 12.7.